The summed E-state index contributed by atoms with van der Waals surface area (Å²) in [5.74, 6) is -0.500. The van der Waals surface area contributed by atoms with Crippen molar-refractivity contribution < 1.29 is 23.5 Å². The van der Waals surface area contributed by atoms with Gasteiger partial charge in [-0.25, -0.2) is 0 Å². The van der Waals surface area contributed by atoms with Crippen LogP contribution in [0.1, 0.15) is 24.6 Å². The van der Waals surface area contributed by atoms with Gasteiger partial charge >= 0.3 is 11.8 Å². The van der Waals surface area contributed by atoms with Crippen LogP contribution >= 0.6 is 0 Å². The second-order valence-electron chi connectivity index (χ2n) is 6.23. The Kier molecular flexibility index (Phi) is 6.43. The lowest BCUT2D eigenvalue weighted by atomic mass is 10.1. The molecule has 2 N–H and O–H groups in total. The van der Waals surface area contributed by atoms with Gasteiger partial charge in [0.2, 0.25) is 0 Å². The summed E-state index contributed by atoms with van der Waals surface area (Å²) in [7, 11) is 0. The van der Waals surface area contributed by atoms with E-state index in [2.05, 4.69) is 15.5 Å². The van der Waals surface area contributed by atoms with Gasteiger partial charge in [-0.2, -0.15) is 0 Å². The van der Waals surface area contributed by atoms with E-state index in [1.54, 1.807) is 6.26 Å². The Morgan fingerprint density at radius 1 is 1.20 bits per heavy atom. The summed E-state index contributed by atoms with van der Waals surface area (Å²) in [5, 5.41) is 5.34. The second kappa shape index (κ2) is 8.98. The van der Waals surface area contributed by atoms with Gasteiger partial charge in [0, 0.05) is 32.8 Å². The number of hydrogen-bond donors (Lipinski definition) is 2. The number of amides is 2. The first-order valence-corrected chi connectivity index (χ1v) is 8.77. The maximum Gasteiger partial charge on any atom is 0.309 e. The maximum absolute atomic E-state index is 12.1. The topological polar surface area (TPSA) is 93.0 Å². The molecule has 138 valence electrons. The molecule has 0 unspecified atom stereocenters. The predicted octanol–water partition coefficient (Wildman–Crippen LogP) is 0.0643. The van der Waals surface area contributed by atoms with Crippen molar-refractivity contribution >= 4 is 11.8 Å². The molecular weight excluding hydrogens is 326 g/mol. The van der Waals surface area contributed by atoms with Gasteiger partial charge in [-0.05, 0) is 25.0 Å². The first-order valence-electron chi connectivity index (χ1n) is 8.77. The predicted molar refractivity (Wildman–Crippen MR) is 88.8 cm³/mol. The molecule has 8 nitrogen and oxygen atoms in total. The van der Waals surface area contributed by atoms with Crippen LogP contribution in [0, 0.1) is 0 Å². The molecule has 0 radical (unpaired) electrons. The van der Waals surface area contributed by atoms with Crippen LogP contribution in [0.5, 0.6) is 0 Å². The van der Waals surface area contributed by atoms with E-state index in [-0.39, 0.29) is 12.1 Å². The van der Waals surface area contributed by atoms with Crippen molar-refractivity contribution in [2.24, 2.45) is 0 Å². The highest BCUT2D eigenvalue weighted by Crippen LogP contribution is 2.21. The molecule has 2 saturated heterocycles. The number of hydrogen-bond acceptors (Lipinski definition) is 6. The number of furan rings is 1. The Labute approximate surface area is 146 Å². The third kappa shape index (κ3) is 5.04. The Morgan fingerprint density at radius 2 is 2.00 bits per heavy atom. The zero-order valence-corrected chi connectivity index (χ0v) is 14.2. The second-order valence-corrected chi connectivity index (χ2v) is 6.23. The third-order valence-corrected chi connectivity index (χ3v) is 4.53. The van der Waals surface area contributed by atoms with E-state index in [1.165, 1.54) is 0 Å². The first-order chi connectivity index (χ1) is 12.2. The lowest BCUT2D eigenvalue weighted by Crippen LogP contribution is -2.47. The smallest absolute Gasteiger partial charge is 0.309 e. The number of carbonyl (C=O) groups excluding carboxylic acids is 2. The summed E-state index contributed by atoms with van der Waals surface area (Å²) in [5.41, 5.74) is 0. The minimum absolute atomic E-state index is 0.0148. The molecule has 0 aromatic carbocycles. The van der Waals surface area contributed by atoms with Crippen LogP contribution in [0.4, 0.5) is 0 Å². The minimum atomic E-state index is -0.636. The number of nitrogens with one attached hydrogen (secondary N) is 2. The van der Waals surface area contributed by atoms with Crippen molar-refractivity contribution in [3.8, 4) is 0 Å². The van der Waals surface area contributed by atoms with Crippen LogP contribution in [-0.2, 0) is 19.1 Å². The van der Waals surface area contributed by atoms with E-state index in [0.717, 1.165) is 38.3 Å². The summed E-state index contributed by atoms with van der Waals surface area (Å²) in [6.07, 6.45) is 3.54. The molecular formula is C17H25N3O5. The fourth-order valence-electron chi connectivity index (χ4n) is 3.14. The van der Waals surface area contributed by atoms with E-state index >= 15 is 0 Å². The molecule has 2 fully saturated rings. The van der Waals surface area contributed by atoms with Crippen LogP contribution < -0.4 is 10.6 Å². The van der Waals surface area contributed by atoms with E-state index in [4.69, 9.17) is 13.9 Å². The summed E-state index contributed by atoms with van der Waals surface area (Å²) in [6.45, 7) is 4.20. The van der Waals surface area contributed by atoms with E-state index in [9.17, 15) is 9.59 Å². The lowest BCUT2D eigenvalue weighted by Gasteiger charge is -2.33. The molecule has 3 heterocycles. The maximum atomic E-state index is 12.1. The molecule has 0 aliphatic carbocycles. The molecule has 1 aromatic heterocycles. The van der Waals surface area contributed by atoms with Crippen LogP contribution in [0.25, 0.3) is 0 Å². The molecule has 25 heavy (non-hydrogen) atoms. The van der Waals surface area contributed by atoms with Crippen molar-refractivity contribution in [2.75, 3.05) is 46.0 Å². The van der Waals surface area contributed by atoms with E-state index in [1.807, 2.05) is 12.1 Å². The normalized spacial score (nSPS) is 22.5. The zero-order valence-electron chi connectivity index (χ0n) is 14.2. The van der Waals surface area contributed by atoms with Crippen molar-refractivity contribution in [1.82, 2.24) is 15.5 Å². The van der Waals surface area contributed by atoms with Gasteiger partial charge < -0.3 is 24.5 Å². The van der Waals surface area contributed by atoms with Crippen molar-refractivity contribution in [3.05, 3.63) is 24.2 Å². The fraction of sp³-hybridized carbons (Fsp3) is 0.647. The Balaban J connectivity index is 1.49. The van der Waals surface area contributed by atoms with Gasteiger partial charge in [0.15, 0.2) is 0 Å². The third-order valence-electron chi connectivity index (χ3n) is 4.53. The van der Waals surface area contributed by atoms with Crippen molar-refractivity contribution in [1.29, 1.82) is 0 Å². The molecule has 8 heteroatoms. The molecule has 0 saturated carbocycles. The number of ether oxygens (including phenoxy) is 2. The molecule has 0 bridgehead atoms. The minimum Gasteiger partial charge on any atom is -0.468 e. The molecule has 2 amide bonds. The Morgan fingerprint density at radius 3 is 2.68 bits per heavy atom. The molecule has 0 spiro atoms. The highest BCUT2D eigenvalue weighted by molar-refractivity contribution is 6.35. The van der Waals surface area contributed by atoms with Gasteiger partial charge in [-0.3, -0.25) is 14.5 Å². The van der Waals surface area contributed by atoms with Crippen LogP contribution in [0.15, 0.2) is 22.8 Å². The van der Waals surface area contributed by atoms with Gasteiger partial charge in [0.1, 0.15) is 5.76 Å². The summed E-state index contributed by atoms with van der Waals surface area (Å²) in [4.78, 5) is 26.2. The average molecular weight is 351 g/mol. The van der Waals surface area contributed by atoms with Gasteiger partial charge in [0.25, 0.3) is 0 Å². The lowest BCUT2D eigenvalue weighted by molar-refractivity contribution is -0.139. The summed E-state index contributed by atoms with van der Waals surface area (Å²) < 4.78 is 16.3. The van der Waals surface area contributed by atoms with Crippen LogP contribution in [-0.4, -0.2) is 68.8 Å². The number of nitrogens with zero attached hydrogens (tertiary/aromatic N) is 1. The highest BCUT2D eigenvalue weighted by atomic mass is 16.5. The molecule has 2 atom stereocenters. The van der Waals surface area contributed by atoms with Crippen molar-refractivity contribution in [3.63, 3.8) is 0 Å². The van der Waals surface area contributed by atoms with Gasteiger partial charge in [-0.1, -0.05) is 0 Å². The van der Waals surface area contributed by atoms with E-state index < -0.39 is 11.8 Å². The van der Waals surface area contributed by atoms with Gasteiger partial charge in [0.05, 0.1) is 31.6 Å². The highest BCUT2D eigenvalue weighted by Gasteiger charge is 2.26. The summed E-state index contributed by atoms with van der Waals surface area (Å²) >= 11 is 0. The van der Waals surface area contributed by atoms with Crippen LogP contribution in [0.2, 0.25) is 0 Å². The summed E-state index contributed by atoms with van der Waals surface area (Å²) in [6, 6.07) is 3.58. The number of morpholine rings is 1. The quantitative estimate of drug-likeness (QED) is 0.705. The molecule has 3 rings (SSSR count). The molecule has 2 aliphatic heterocycles. The zero-order chi connectivity index (χ0) is 17.5. The van der Waals surface area contributed by atoms with Gasteiger partial charge in [-0.15, -0.1) is 0 Å². The van der Waals surface area contributed by atoms with Crippen molar-refractivity contribution in [2.45, 2.75) is 25.0 Å². The largest absolute Gasteiger partial charge is 0.468 e. The SMILES string of the molecule is O=C(NC[C@@H]1CCCO1)C(=O)NC[C@H](c1ccco1)N1CCOCC1. The van der Waals surface area contributed by atoms with Crippen LogP contribution in [0.3, 0.4) is 0 Å². The first kappa shape index (κ1) is 17.9. The molecule has 2 aliphatic rings. The molecule has 1 aromatic rings. The number of rotatable bonds is 6. The average Bonchev–Trinajstić information content (AvgIpc) is 3.34. The van der Waals surface area contributed by atoms with E-state index in [0.29, 0.717) is 26.3 Å². The number of carbonyl (C=O) groups is 2. The standard InChI is InChI=1S/C17H25N3O5/c21-16(18-11-13-3-1-7-24-13)17(22)19-12-14(15-4-2-8-25-15)20-5-9-23-10-6-20/h2,4,8,13-14H,1,3,5-7,9-12H2,(H,18,21)(H,19,22)/t13-,14+/m0/s1. The monoisotopic (exact) mass is 351 g/mol. The Bertz CT molecular complexity index is 551. The Hall–Kier alpha value is -1.90. The fourth-order valence-corrected chi connectivity index (χ4v) is 3.14.